The third-order valence-electron chi connectivity index (χ3n) is 3.41. The SMILES string of the molecule is CC(OCCC(=O)Nc1cccc(CN)c1)c1ccccc1. The van der Waals surface area contributed by atoms with E-state index in [0.29, 0.717) is 19.6 Å². The van der Waals surface area contributed by atoms with Gasteiger partial charge < -0.3 is 15.8 Å². The van der Waals surface area contributed by atoms with E-state index in [2.05, 4.69) is 5.32 Å². The van der Waals surface area contributed by atoms with Gasteiger partial charge in [0.1, 0.15) is 0 Å². The number of hydrogen-bond donors (Lipinski definition) is 2. The molecule has 2 aromatic carbocycles. The first-order valence-corrected chi connectivity index (χ1v) is 7.44. The third-order valence-corrected chi connectivity index (χ3v) is 3.41. The fraction of sp³-hybridized carbons (Fsp3) is 0.278. The standard InChI is InChI=1S/C18H22N2O2/c1-14(16-7-3-2-4-8-16)22-11-10-18(21)20-17-9-5-6-15(12-17)13-19/h2-9,12,14H,10-11,13,19H2,1H3,(H,20,21). The van der Waals surface area contributed by atoms with Crippen LogP contribution in [0.2, 0.25) is 0 Å². The lowest BCUT2D eigenvalue weighted by atomic mass is 10.1. The molecule has 4 nitrogen and oxygen atoms in total. The van der Waals surface area contributed by atoms with Crippen molar-refractivity contribution in [1.82, 2.24) is 0 Å². The minimum atomic E-state index is -0.0607. The molecule has 3 N–H and O–H groups in total. The van der Waals surface area contributed by atoms with Crippen LogP contribution in [0.15, 0.2) is 54.6 Å². The van der Waals surface area contributed by atoms with Crippen molar-refractivity contribution in [3.05, 3.63) is 65.7 Å². The molecule has 1 atom stereocenters. The molecule has 1 unspecified atom stereocenters. The van der Waals surface area contributed by atoms with Crippen molar-refractivity contribution in [3.63, 3.8) is 0 Å². The normalized spacial score (nSPS) is 11.9. The molecule has 0 aromatic heterocycles. The minimum absolute atomic E-state index is 0.0189. The lowest BCUT2D eigenvalue weighted by molar-refractivity contribution is -0.117. The van der Waals surface area contributed by atoms with E-state index in [-0.39, 0.29) is 12.0 Å². The van der Waals surface area contributed by atoms with E-state index in [1.165, 1.54) is 0 Å². The van der Waals surface area contributed by atoms with E-state index in [4.69, 9.17) is 10.5 Å². The van der Waals surface area contributed by atoms with Crippen LogP contribution in [0.5, 0.6) is 0 Å². The van der Waals surface area contributed by atoms with Gasteiger partial charge in [-0.15, -0.1) is 0 Å². The number of carbonyl (C=O) groups excluding carboxylic acids is 1. The summed E-state index contributed by atoms with van der Waals surface area (Å²) >= 11 is 0. The van der Waals surface area contributed by atoms with Crippen molar-refractivity contribution in [2.45, 2.75) is 26.0 Å². The number of anilines is 1. The number of nitrogens with one attached hydrogen (secondary N) is 1. The Bertz CT molecular complexity index is 599. The first kappa shape index (κ1) is 16.2. The van der Waals surface area contributed by atoms with Crippen LogP contribution in [-0.2, 0) is 16.1 Å². The summed E-state index contributed by atoms with van der Waals surface area (Å²) in [4.78, 5) is 11.9. The first-order valence-electron chi connectivity index (χ1n) is 7.44. The number of hydrogen-bond acceptors (Lipinski definition) is 3. The fourth-order valence-corrected chi connectivity index (χ4v) is 2.15. The highest BCUT2D eigenvalue weighted by atomic mass is 16.5. The molecular formula is C18H22N2O2. The maximum absolute atomic E-state index is 11.9. The van der Waals surface area contributed by atoms with E-state index < -0.39 is 0 Å². The van der Waals surface area contributed by atoms with Crippen LogP contribution in [0.1, 0.15) is 30.6 Å². The van der Waals surface area contributed by atoms with Crippen LogP contribution in [-0.4, -0.2) is 12.5 Å². The van der Waals surface area contributed by atoms with Gasteiger partial charge in [0.15, 0.2) is 0 Å². The molecule has 22 heavy (non-hydrogen) atoms. The summed E-state index contributed by atoms with van der Waals surface area (Å²) in [5, 5.41) is 2.86. The second kappa shape index (κ2) is 8.32. The van der Waals surface area contributed by atoms with Crippen LogP contribution in [0.4, 0.5) is 5.69 Å². The minimum Gasteiger partial charge on any atom is -0.373 e. The van der Waals surface area contributed by atoms with Crippen molar-refractivity contribution in [1.29, 1.82) is 0 Å². The predicted octanol–water partition coefficient (Wildman–Crippen LogP) is 3.25. The zero-order valence-electron chi connectivity index (χ0n) is 12.8. The van der Waals surface area contributed by atoms with Gasteiger partial charge in [-0.25, -0.2) is 0 Å². The Kier molecular flexibility index (Phi) is 6.13. The molecule has 0 bridgehead atoms. The predicted molar refractivity (Wildman–Crippen MR) is 88.4 cm³/mol. The number of amides is 1. The summed E-state index contributed by atoms with van der Waals surface area (Å²) < 4.78 is 5.70. The Hall–Kier alpha value is -2.17. The number of ether oxygens (including phenoxy) is 1. The molecule has 0 spiro atoms. The molecule has 116 valence electrons. The summed E-state index contributed by atoms with van der Waals surface area (Å²) in [6.07, 6.45) is 0.305. The van der Waals surface area contributed by atoms with Gasteiger partial charge in [0, 0.05) is 12.2 Å². The quantitative estimate of drug-likeness (QED) is 0.824. The molecule has 0 aliphatic rings. The zero-order valence-corrected chi connectivity index (χ0v) is 12.8. The van der Waals surface area contributed by atoms with Gasteiger partial charge >= 0.3 is 0 Å². The van der Waals surface area contributed by atoms with Gasteiger partial charge in [0.2, 0.25) is 5.91 Å². The summed E-state index contributed by atoms with van der Waals surface area (Å²) in [6.45, 7) is 2.83. The Morgan fingerprint density at radius 3 is 2.68 bits per heavy atom. The molecule has 0 fully saturated rings. The lowest BCUT2D eigenvalue weighted by Crippen LogP contribution is -2.15. The van der Waals surface area contributed by atoms with Crippen LogP contribution >= 0.6 is 0 Å². The highest BCUT2D eigenvalue weighted by Gasteiger charge is 2.07. The first-order chi connectivity index (χ1) is 10.7. The molecule has 4 heteroatoms. The van der Waals surface area contributed by atoms with Gasteiger partial charge in [-0.05, 0) is 30.2 Å². The second-order valence-corrected chi connectivity index (χ2v) is 5.13. The second-order valence-electron chi connectivity index (χ2n) is 5.13. The number of benzene rings is 2. The van der Waals surface area contributed by atoms with E-state index >= 15 is 0 Å². The van der Waals surface area contributed by atoms with Crippen molar-refractivity contribution < 1.29 is 9.53 Å². The Balaban J connectivity index is 1.76. The topological polar surface area (TPSA) is 64.3 Å². The molecule has 0 radical (unpaired) electrons. The molecule has 2 aromatic rings. The van der Waals surface area contributed by atoms with Gasteiger partial charge in [-0.1, -0.05) is 42.5 Å². The van der Waals surface area contributed by atoms with Crippen LogP contribution in [0.3, 0.4) is 0 Å². The average molecular weight is 298 g/mol. The van der Waals surface area contributed by atoms with Crippen LogP contribution in [0.25, 0.3) is 0 Å². The van der Waals surface area contributed by atoms with Gasteiger partial charge in [0.05, 0.1) is 19.1 Å². The molecule has 0 aliphatic carbocycles. The molecular weight excluding hydrogens is 276 g/mol. The van der Waals surface area contributed by atoms with E-state index in [1.807, 2.05) is 61.5 Å². The molecule has 0 saturated heterocycles. The van der Waals surface area contributed by atoms with E-state index in [0.717, 1.165) is 16.8 Å². The molecule has 0 heterocycles. The maximum atomic E-state index is 11.9. The summed E-state index contributed by atoms with van der Waals surface area (Å²) in [7, 11) is 0. The van der Waals surface area contributed by atoms with E-state index in [9.17, 15) is 4.79 Å². The van der Waals surface area contributed by atoms with Crippen molar-refractivity contribution in [2.24, 2.45) is 5.73 Å². The smallest absolute Gasteiger partial charge is 0.226 e. The zero-order chi connectivity index (χ0) is 15.8. The summed E-state index contributed by atoms with van der Waals surface area (Å²) in [6, 6.07) is 17.5. The monoisotopic (exact) mass is 298 g/mol. The van der Waals surface area contributed by atoms with E-state index in [1.54, 1.807) is 0 Å². The third kappa shape index (κ3) is 4.98. The van der Waals surface area contributed by atoms with Crippen LogP contribution in [0, 0.1) is 0 Å². The van der Waals surface area contributed by atoms with Crippen LogP contribution < -0.4 is 11.1 Å². The Morgan fingerprint density at radius 2 is 1.95 bits per heavy atom. The lowest BCUT2D eigenvalue weighted by Gasteiger charge is -2.13. The molecule has 0 aliphatic heterocycles. The fourth-order valence-electron chi connectivity index (χ4n) is 2.15. The number of rotatable bonds is 7. The van der Waals surface area contributed by atoms with Crippen molar-refractivity contribution >= 4 is 11.6 Å². The van der Waals surface area contributed by atoms with Gasteiger partial charge in [-0.3, -0.25) is 4.79 Å². The number of carbonyl (C=O) groups is 1. The summed E-state index contributed by atoms with van der Waals surface area (Å²) in [5.41, 5.74) is 8.46. The molecule has 2 rings (SSSR count). The van der Waals surface area contributed by atoms with Gasteiger partial charge in [0.25, 0.3) is 0 Å². The Morgan fingerprint density at radius 1 is 1.18 bits per heavy atom. The maximum Gasteiger partial charge on any atom is 0.226 e. The molecule has 1 amide bonds. The van der Waals surface area contributed by atoms with Crippen molar-refractivity contribution in [3.8, 4) is 0 Å². The number of nitrogens with two attached hydrogens (primary N) is 1. The van der Waals surface area contributed by atoms with Crippen molar-refractivity contribution in [2.75, 3.05) is 11.9 Å². The molecule has 0 saturated carbocycles. The Labute approximate surface area is 131 Å². The largest absolute Gasteiger partial charge is 0.373 e. The highest BCUT2D eigenvalue weighted by Crippen LogP contribution is 2.16. The summed E-state index contributed by atoms with van der Waals surface area (Å²) in [5.74, 6) is -0.0607. The average Bonchev–Trinajstić information content (AvgIpc) is 2.55. The van der Waals surface area contributed by atoms with Gasteiger partial charge in [-0.2, -0.15) is 0 Å². The highest BCUT2D eigenvalue weighted by molar-refractivity contribution is 5.90.